The van der Waals surface area contributed by atoms with Gasteiger partial charge in [0.15, 0.2) is 0 Å². The molecule has 3 aliphatic rings. The summed E-state index contributed by atoms with van der Waals surface area (Å²) in [5.41, 5.74) is 0.637. The van der Waals surface area contributed by atoms with E-state index >= 15 is 0 Å². The van der Waals surface area contributed by atoms with Crippen molar-refractivity contribution in [2.45, 2.75) is 12.5 Å². The lowest BCUT2D eigenvalue weighted by Crippen LogP contribution is -2.22. The Morgan fingerprint density at radius 1 is 1.37 bits per heavy atom. The van der Waals surface area contributed by atoms with Crippen molar-refractivity contribution >= 4 is 16.1 Å². The van der Waals surface area contributed by atoms with Crippen molar-refractivity contribution in [2.75, 3.05) is 13.4 Å². The number of allylic oxidation sites excluding steroid dienone is 2. The summed E-state index contributed by atoms with van der Waals surface area (Å²) in [4.78, 5) is 11.7. The summed E-state index contributed by atoms with van der Waals surface area (Å²) in [5.74, 6) is 0.244. The van der Waals surface area contributed by atoms with Crippen molar-refractivity contribution in [3.8, 4) is 0 Å². The summed E-state index contributed by atoms with van der Waals surface area (Å²) in [6, 6.07) is 0. The Kier molecular flexibility index (Phi) is 2.83. The molecule has 19 heavy (non-hydrogen) atoms. The number of hydrogen-bond donors (Lipinski definition) is 0. The van der Waals surface area contributed by atoms with Crippen LogP contribution < -0.4 is 0 Å². The van der Waals surface area contributed by atoms with Crippen LogP contribution in [0.5, 0.6) is 0 Å². The zero-order valence-electron chi connectivity index (χ0n) is 10.8. The molecule has 5 atom stereocenters. The Morgan fingerprint density at radius 3 is 2.74 bits per heavy atom. The smallest absolute Gasteiger partial charge is 0.334 e. The molecule has 1 saturated carbocycles. The molecule has 0 unspecified atom stereocenters. The first-order valence-corrected chi connectivity index (χ1v) is 8.09. The molecule has 6 heteroatoms. The number of hydrogen-bond acceptors (Lipinski definition) is 5. The van der Waals surface area contributed by atoms with Crippen LogP contribution in [0.2, 0.25) is 0 Å². The second-order valence-corrected chi connectivity index (χ2v) is 7.02. The van der Waals surface area contributed by atoms with Crippen molar-refractivity contribution in [2.24, 2.45) is 23.7 Å². The summed E-state index contributed by atoms with van der Waals surface area (Å²) in [5, 5.41) is 0. The van der Waals surface area contributed by atoms with E-state index in [0.29, 0.717) is 17.9 Å². The molecule has 0 spiro atoms. The van der Waals surface area contributed by atoms with Gasteiger partial charge in [0.2, 0.25) is 0 Å². The average Bonchev–Trinajstić information content (AvgIpc) is 2.93. The van der Waals surface area contributed by atoms with E-state index in [1.807, 2.05) is 12.2 Å². The Hall–Kier alpha value is -1.14. The van der Waals surface area contributed by atoms with Crippen molar-refractivity contribution in [3.05, 3.63) is 23.8 Å². The molecule has 1 fully saturated rings. The highest BCUT2D eigenvalue weighted by Crippen LogP contribution is 2.55. The molecular formula is C13H16O5S. The molecule has 0 N–H and O–H groups in total. The fourth-order valence-electron chi connectivity index (χ4n) is 3.72. The Labute approximate surface area is 112 Å². The van der Waals surface area contributed by atoms with Gasteiger partial charge in [-0.05, 0) is 18.3 Å². The van der Waals surface area contributed by atoms with Crippen LogP contribution in [0, 0.1) is 23.7 Å². The van der Waals surface area contributed by atoms with Crippen LogP contribution in [0.1, 0.15) is 6.42 Å². The van der Waals surface area contributed by atoms with Gasteiger partial charge in [-0.25, -0.2) is 4.79 Å². The highest BCUT2D eigenvalue weighted by Gasteiger charge is 2.54. The van der Waals surface area contributed by atoms with E-state index in [1.54, 1.807) is 0 Å². The first-order chi connectivity index (χ1) is 8.90. The predicted octanol–water partition coefficient (Wildman–Crippen LogP) is 0.882. The quantitative estimate of drug-likeness (QED) is 0.437. The number of esters is 1. The molecule has 0 aromatic heterocycles. The van der Waals surface area contributed by atoms with Crippen LogP contribution >= 0.6 is 0 Å². The van der Waals surface area contributed by atoms with Crippen LogP contribution in [0.4, 0.5) is 0 Å². The molecule has 0 amide bonds. The lowest BCUT2D eigenvalue weighted by atomic mass is 9.88. The summed E-state index contributed by atoms with van der Waals surface area (Å²) in [6.07, 6.45) is 7.35. The highest BCUT2D eigenvalue weighted by molar-refractivity contribution is 7.86. The van der Waals surface area contributed by atoms with Gasteiger partial charge in [0.25, 0.3) is 10.1 Å². The average molecular weight is 284 g/mol. The van der Waals surface area contributed by atoms with E-state index in [2.05, 4.69) is 6.08 Å². The van der Waals surface area contributed by atoms with E-state index in [9.17, 15) is 13.2 Å². The van der Waals surface area contributed by atoms with Gasteiger partial charge in [-0.3, -0.25) is 4.18 Å². The van der Waals surface area contributed by atoms with Gasteiger partial charge < -0.3 is 4.74 Å². The van der Waals surface area contributed by atoms with E-state index < -0.39 is 10.1 Å². The Morgan fingerprint density at radius 2 is 2.11 bits per heavy atom. The maximum Gasteiger partial charge on any atom is 0.334 e. The van der Waals surface area contributed by atoms with Crippen molar-refractivity contribution in [1.82, 2.24) is 0 Å². The highest BCUT2D eigenvalue weighted by atomic mass is 32.2. The first kappa shape index (κ1) is 12.9. The van der Waals surface area contributed by atoms with Gasteiger partial charge in [0.1, 0.15) is 0 Å². The standard InChI is InChI=1S/C13H16O5S/c1-17-13(14)9-6-10-11(18-19(2,15)16)5-7-3-4-8(9)12(7)10/h3-4,6-8,10-12H,5H2,1-2H3/t7-,8+,10+,11+,12+/m0/s1. The first-order valence-electron chi connectivity index (χ1n) is 6.27. The molecule has 0 aromatic rings. The second-order valence-electron chi connectivity index (χ2n) is 5.42. The minimum atomic E-state index is -3.48. The molecule has 0 saturated heterocycles. The van der Waals surface area contributed by atoms with Gasteiger partial charge in [-0.1, -0.05) is 18.2 Å². The predicted molar refractivity (Wildman–Crippen MR) is 67.5 cm³/mol. The van der Waals surface area contributed by atoms with Crippen LogP contribution in [-0.2, 0) is 23.8 Å². The number of methoxy groups -OCH3 is 1. The Balaban J connectivity index is 1.90. The molecule has 5 nitrogen and oxygen atoms in total. The molecule has 0 aliphatic heterocycles. The van der Waals surface area contributed by atoms with E-state index in [4.69, 9.17) is 8.92 Å². The van der Waals surface area contributed by atoms with Gasteiger partial charge in [0.05, 0.1) is 19.5 Å². The third-order valence-electron chi connectivity index (χ3n) is 4.30. The van der Waals surface area contributed by atoms with E-state index in [0.717, 1.165) is 6.26 Å². The SMILES string of the molecule is COC(=O)C1=C[C@H]2[C@H]3[C@@H]1C=C[C@H]3C[C@H]2OS(C)(=O)=O. The van der Waals surface area contributed by atoms with Gasteiger partial charge in [-0.15, -0.1) is 0 Å². The number of ether oxygens (including phenoxy) is 1. The summed E-state index contributed by atoms with van der Waals surface area (Å²) < 4.78 is 32.6. The molecular weight excluding hydrogens is 268 g/mol. The zero-order valence-corrected chi connectivity index (χ0v) is 11.6. The summed E-state index contributed by atoms with van der Waals surface area (Å²) >= 11 is 0. The fourth-order valence-corrected chi connectivity index (χ4v) is 4.37. The zero-order chi connectivity index (χ0) is 13.8. The third-order valence-corrected chi connectivity index (χ3v) is 4.90. The number of rotatable bonds is 3. The molecule has 104 valence electrons. The van der Waals surface area contributed by atoms with Gasteiger partial charge in [-0.2, -0.15) is 8.42 Å². The van der Waals surface area contributed by atoms with Crippen molar-refractivity contribution in [3.63, 3.8) is 0 Å². The molecule has 0 bridgehead atoms. The second kappa shape index (κ2) is 4.18. The Bertz CT molecular complexity index is 574. The summed E-state index contributed by atoms with van der Waals surface area (Å²) in [6.45, 7) is 0. The molecule has 3 aliphatic carbocycles. The fraction of sp³-hybridized carbons (Fsp3) is 0.615. The lowest BCUT2D eigenvalue weighted by Gasteiger charge is -2.18. The normalized spacial score (nSPS) is 39.3. The monoisotopic (exact) mass is 284 g/mol. The summed E-state index contributed by atoms with van der Waals surface area (Å²) in [7, 11) is -2.12. The van der Waals surface area contributed by atoms with E-state index in [1.165, 1.54) is 7.11 Å². The van der Waals surface area contributed by atoms with Crippen LogP contribution in [-0.4, -0.2) is 33.9 Å². The maximum absolute atomic E-state index is 11.7. The minimum absolute atomic E-state index is 0.0196. The van der Waals surface area contributed by atoms with Crippen LogP contribution in [0.3, 0.4) is 0 Å². The van der Waals surface area contributed by atoms with Crippen LogP contribution in [0.15, 0.2) is 23.8 Å². The minimum Gasteiger partial charge on any atom is -0.466 e. The topological polar surface area (TPSA) is 69.7 Å². The molecule has 0 aromatic carbocycles. The van der Waals surface area contributed by atoms with Crippen molar-refractivity contribution < 1.29 is 22.1 Å². The molecule has 3 rings (SSSR count). The molecule has 0 radical (unpaired) electrons. The number of carbonyl (C=O) groups excluding carboxylic acids is 1. The number of carbonyl (C=O) groups is 1. The van der Waals surface area contributed by atoms with Gasteiger partial charge in [0, 0.05) is 17.4 Å². The van der Waals surface area contributed by atoms with Crippen LogP contribution in [0.25, 0.3) is 0 Å². The van der Waals surface area contributed by atoms with Crippen molar-refractivity contribution in [1.29, 1.82) is 0 Å². The largest absolute Gasteiger partial charge is 0.466 e. The van der Waals surface area contributed by atoms with Gasteiger partial charge >= 0.3 is 5.97 Å². The lowest BCUT2D eigenvalue weighted by molar-refractivity contribution is -0.136. The maximum atomic E-state index is 11.7. The van der Waals surface area contributed by atoms with E-state index in [-0.39, 0.29) is 29.8 Å². The molecule has 0 heterocycles. The third kappa shape index (κ3) is 2.03.